The third-order valence-electron chi connectivity index (χ3n) is 0.184. The largest absolute Gasteiger partial charge is 0.403 e. The highest BCUT2D eigenvalue weighted by Gasteiger charge is 2.24. The van der Waals surface area contributed by atoms with Crippen LogP contribution in [0, 0.1) is 0 Å². The summed E-state index contributed by atoms with van der Waals surface area (Å²) in [6, 6.07) is 0. The molecule has 0 saturated heterocycles. The summed E-state index contributed by atoms with van der Waals surface area (Å²) in [4.78, 5) is 0. The van der Waals surface area contributed by atoms with Gasteiger partial charge in [0.15, 0.2) is 0 Å². The predicted octanol–water partition coefficient (Wildman–Crippen LogP) is 0.00200. The van der Waals surface area contributed by atoms with Crippen molar-refractivity contribution in [1.82, 2.24) is 0 Å². The maximum Gasteiger partial charge on any atom is 0.403 e. The molecule has 4 heteroatoms. The Morgan fingerprint density at radius 2 is 1.83 bits per heavy atom. The molecule has 6 heavy (non-hydrogen) atoms. The minimum absolute atomic E-state index is 1.62. The molecule has 0 aliphatic rings. The first-order valence-corrected chi connectivity index (χ1v) is 1.25. The molecule has 0 aliphatic heterocycles. The van der Waals surface area contributed by atoms with Crippen LogP contribution in [0.5, 0.6) is 0 Å². The van der Waals surface area contributed by atoms with Crippen molar-refractivity contribution < 1.29 is 19.0 Å². The molecule has 0 aliphatic carbocycles. The van der Waals surface area contributed by atoms with E-state index in [2.05, 4.69) is 0 Å². The van der Waals surface area contributed by atoms with Crippen LogP contribution in [0.1, 0.15) is 0 Å². The summed E-state index contributed by atoms with van der Waals surface area (Å²) in [5.41, 5.74) is 0. The van der Waals surface area contributed by atoms with Crippen LogP contribution in [0.4, 0.5) is 8.78 Å². The quantitative estimate of drug-likeness (QED) is 0.491. The van der Waals surface area contributed by atoms with Crippen molar-refractivity contribution in [3.05, 3.63) is 0 Å². The molecule has 0 rings (SSSR count). The Kier molecular flexibility index (Phi) is 1.43. The van der Waals surface area contributed by atoms with Gasteiger partial charge in [-0.3, -0.25) is 0 Å². The highest BCUT2D eigenvalue weighted by Crippen LogP contribution is 2.04. The van der Waals surface area contributed by atoms with Crippen molar-refractivity contribution in [1.29, 1.82) is 0 Å². The van der Waals surface area contributed by atoms with Gasteiger partial charge in [-0.15, -0.1) is 0 Å². The van der Waals surface area contributed by atoms with Crippen molar-refractivity contribution in [2.24, 2.45) is 0 Å². The smallest absolute Gasteiger partial charge is 0.387 e. The molecule has 0 amide bonds. The Labute approximate surface area is 33.0 Å². The van der Waals surface area contributed by atoms with E-state index in [1.54, 1.807) is 0 Å². The predicted molar refractivity (Wildman–Crippen MR) is 12.7 cm³/mol. The highest BCUT2D eigenvalue weighted by atomic mass is 19.3. The van der Waals surface area contributed by atoms with Crippen LogP contribution in [-0.2, 0) is 5.11 Å². The molecule has 0 fully saturated rings. The molecule has 0 aromatic carbocycles. The number of alkyl halides is 2. The standard InChI is InChI=1S/C2H3F2O2/c3-2(4,6)1-5/h5H,1H2. The van der Waals surface area contributed by atoms with Crippen LogP contribution >= 0.6 is 0 Å². The van der Waals surface area contributed by atoms with Gasteiger partial charge in [0.25, 0.3) is 0 Å². The van der Waals surface area contributed by atoms with Gasteiger partial charge in [0.05, 0.1) is 0 Å². The summed E-state index contributed by atoms with van der Waals surface area (Å²) in [6.45, 7) is -1.62. The fourth-order valence-corrected chi connectivity index (χ4v) is 0. The minimum atomic E-state index is -4.15. The number of hydrogen-bond acceptors (Lipinski definition) is 1. The Balaban J connectivity index is 3.17. The molecule has 37 valence electrons. The van der Waals surface area contributed by atoms with E-state index in [1.165, 1.54) is 0 Å². The zero-order valence-corrected chi connectivity index (χ0v) is 2.82. The van der Waals surface area contributed by atoms with E-state index in [0.29, 0.717) is 0 Å². The maximum absolute atomic E-state index is 10.6. The average molecular weight is 97.0 g/mol. The molecule has 0 aromatic heterocycles. The lowest BCUT2D eigenvalue weighted by Crippen LogP contribution is -2.16. The van der Waals surface area contributed by atoms with Crippen LogP contribution in [0.2, 0.25) is 0 Å². The first kappa shape index (κ1) is 5.78. The van der Waals surface area contributed by atoms with Crippen molar-refractivity contribution in [2.45, 2.75) is 6.11 Å². The van der Waals surface area contributed by atoms with Crippen LogP contribution in [0.3, 0.4) is 0 Å². The van der Waals surface area contributed by atoms with Gasteiger partial charge in [-0.25, -0.2) is 0 Å². The second kappa shape index (κ2) is 1.49. The molecule has 0 unspecified atom stereocenters. The molecule has 1 radical (unpaired) electrons. The van der Waals surface area contributed by atoms with Gasteiger partial charge in [0.2, 0.25) is 0 Å². The first-order chi connectivity index (χ1) is 2.56. The Bertz CT molecular complexity index is 39.3. The summed E-state index contributed by atoms with van der Waals surface area (Å²) in [7, 11) is 0. The minimum Gasteiger partial charge on any atom is -0.387 e. The van der Waals surface area contributed by atoms with Crippen molar-refractivity contribution in [2.75, 3.05) is 6.61 Å². The van der Waals surface area contributed by atoms with Crippen LogP contribution in [0.15, 0.2) is 0 Å². The molecule has 0 heterocycles. The topological polar surface area (TPSA) is 40.1 Å². The van der Waals surface area contributed by atoms with E-state index in [0.717, 1.165) is 0 Å². The molecule has 0 aromatic rings. The fourth-order valence-electron chi connectivity index (χ4n) is 0. The van der Waals surface area contributed by atoms with E-state index in [4.69, 9.17) is 10.2 Å². The Morgan fingerprint density at radius 1 is 1.67 bits per heavy atom. The number of rotatable bonds is 1. The summed E-state index contributed by atoms with van der Waals surface area (Å²) in [5.74, 6) is 0. The summed E-state index contributed by atoms with van der Waals surface area (Å²) >= 11 is 0. The number of aliphatic hydroxyl groups is 1. The van der Waals surface area contributed by atoms with Crippen molar-refractivity contribution in [3.8, 4) is 0 Å². The highest BCUT2D eigenvalue weighted by molar-refractivity contribution is 4.37. The summed E-state index contributed by atoms with van der Waals surface area (Å²) in [5, 5.41) is 16.2. The van der Waals surface area contributed by atoms with Gasteiger partial charge in [-0.05, 0) is 0 Å². The van der Waals surface area contributed by atoms with E-state index in [9.17, 15) is 8.78 Å². The van der Waals surface area contributed by atoms with E-state index < -0.39 is 12.7 Å². The lowest BCUT2D eigenvalue weighted by atomic mass is 10.7. The Morgan fingerprint density at radius 3 is 1.83 bits per heavy atom. The molecule has 1 N–H and O–H groups in total. The van der Waals surface area contributed by atoms with Gasteiger partial charge in [-0.1, -0.05) is 0 Å². The zero-order valence-electron chi connectivity index (χ0n) is 2.82. The van der Waals surface area contributed by atoms with E-state index in [1.807, 2.05) is 0 Å². The van der Waals surface area contributed by atoms with Gasteiger partial charge in [-0.2, -0.15) is 13.9 Å². The Hall–Kier alpha value is -0.220. The number of halogens is 2. The summed E-state index contributed by atoms with van der Waals surface area (Å²) in [6.07, 6.45) is -4.15. The van der Waals surface area contributed by atoms with Gasteiger partial charge < -0.3 is 5.11 Å². The molecule has 0 saturated carbocycles. The van der Waals surface area contributed by atoms with Gasteiger partial charge in [0, 0.05) is 0 Å². The second-order valence-electron chi connectivity index (χ2n) is 0.795. The second-order valence-corrected chi connectivity index (χ2v) is 0.795. The van der Waals surface area contributed by atoms with Crippen LogP contribution < -0.4 is 0 Å². The van der Waals surface area contributed by atoms with Crippen molar-refractivity contribution >= 4 is 0 Å². The van der Waals surface area contributed by atoms with Crippen molar-refractivity contribution in [3.63, 3.8) is 0 Å². The summed E-state index contributed by atoms with van der Waals surface area (Å²) < 4.78 is 21.3. The lowest BCUT2D eigenvalue weighted by Gasteiger charge is -1.96. The number of hydrogen-bond donors (Lipinski definition) is 1. The SMILES string of the molecule is [O]C(F)(F)CO. The molecule has 0 spiro atoms. The van der Waals surface area contributed by atoms with Crippen LogP contribution in [-0.4, -0.2) is 17.8 Å². The monoisotopic (exact) mass is 97.0 g/mol. The maximum atomic E-state index is 10.6. The molecule has 0 bridgehead atoms. The first-order valence-electron chi connectivity index (χ1n) is 1.25. The van der Waals surface area contributed by atoms with E-state index >= 15 is 0 Å². The normalized spacial score (nSPS) is 12.0. The lowest BCUT2D eigenvalue weighted by molar-refractivity contribution is -0.260. The van der Waals surface area contributed by atoms with Crippen LogP contribution in [0.25, 0.3) is 0 Å². The van der Waals surface area contributed by atoms with Gasteiger partial charge in [0.1, 0.15) is 6.61 Å². The molecular formula is C2H3F2O2. The van der Waals surface area contributed by atoms with Gasteiger partial charge >= 0.3 is 6.11 Å². The number of aliphatic hydroxyl groups excluding tert-OH is 1. The third-order valence-corrected chi connectivity index (χ3v) is 0.184. The van der Waals surface area contributed by atoms with E-state index in [-0.39, 0.29) is 0 Å². The molecule has 0 atom stereocenters. The molecular weight excluding hydrogens is 94.0 g/mol. The third kappa shape index (κ3) is 3.78. The fraction of sp³-hybridized carbons (Fsp3) is 1.00. The molecule has 2 nitrogen and oxygen atoms in total. The average Bonchev–Trinajstić information content (AvgIpc) is 1.35. The zero-order chi connectivity index (χ0) is 5.21.